The van der Waals surface area contributed by atoms with Gasteiger partial charge in [-0.2, -0.15) is 0 Å². The lowest BCUT2D eigenvalue weighted by atomic mass is 9.95. The molecular formula is C17H24N6O. The summed E-state index contributed by atoms with van der Waals surface area (Å²) in [4.78, 5) is 27.4. The molecule has 0 bridgehead atoms. The number of hydrogen-bond donors (Lipinski definition) is 1. The predicted molar refractivity (Wildman–Crippen MR) is 91.7 cm³/mol. The summed E-state index contributed by atoms with van der Waals surface area (Å²) < 4.78 is 1.81. The Labute approximate surface area is 142 Å². The molecule has 0 aliphatic carbocycles. The third-order valence-electron chi connectivity index (χ3n) is 4.52. The molecule has 1 aliphatic rings. The van der Waals surface area contributed by atoms with E-state index in [4.69, 9.17) is 0 Å². The highest BCUT2D eigenvalue weighted by Gasteiger charge is 2.23. The summed E-state index contributed by atoms with van der Waals surface area (Å²) in [5.74, 6) is 1.36. The molecule has 0 aromatic carbocycles. The van der Waals surface area contributed by atoms with Crippen molar-refractivity contribution in [3.05, 3.63) is 36.3 Å². The van der Waals surface area contributed by atoms with Gasteiger partial charge in [0.15, 0.2) is 0 Å². The SMILES string of the molecule is CNc1cnc(CC2CCCN(C(=O)c3cn(C)cn3)CC2)cn1. The molecule has 0 radical (unpaired) electrons. The first kappa shape index (κ1) is 16.4. The Morgan fingerprint density at radius 1 is 1.25 bits per heavy atom. The van der Waals surface area contributed by atoms with Gasteiger partial charge in [0, 0.05) is 33.4 Å². The van der Waals surface area contributed by atoms with E-state index in [0.717, 1.165) is 50.3 Å². The van der Waals surface area contributed by atoms with E-state index in [0.29, 0.717) is 11.6 Å². The number of nitrogens with one attached hydrogen (secondary N) is 1. The van der Waals surface area contributed by atoms with Crippen LogP contribution in [0.2, 0.25) is 0 Å². The molecule has 0 saturated carbocycles. The molecule has 2 aromatic rings. The zero-order valence-electron chi connectivity index (χ0n) is 14.3. The van der Waals surface area contributed by atoms with E-state index in [1.165, 1.54) is 0 Å². The second-order valence-corrected chi connectivity index (χ2v) is 6.36. The number of anilines is 1. The predicted octanol–water partition coefficient (Wildman–Crippen LogP) is 1.74. The Morgan fingerprint density at radius 3 is 2.79 bits per heavy atom. The minimum atomic E-state index is 0.0365. The van der Waals surface area contributed by atoms with Crippen molar-refractivity contribution in [1.82, 2.24) is 24.4 Å². The molecule has 1 fully saturated rings. The molecule has 128 valence electrons. The van der Waals surface area contributed by atoms with Crippen LogP contribution < -0.4 is 5.32 Å². The van der Waals surface area contributed by atoms with Crippen LogP contribution in [-0.4, -0.2) is 50.5 Å². The lowest BCUT2D eigenvalue weighted by molar-refractivity contribution is 0.0754. The van der Waals surface area contributed by atoms with Crippen molar-refractivity contribution in [1.29, 1.82) is 0 Å². The number of carbonyl (C=O) groups excluding carboxylic acids is 1. The molecular weight excluding hydrogens is 304 g/mol. The van der Waals surface area contributed by atoms with E-state index in [1.807, 2.05) is 25.2 Å². The maximum Gasteiger partial charge on any atom is 0.274 e. The van der Waals surface area contributed by atoms with Crippen LogP contribution in [0.3, 0.4) is 0 Å². The van der Waals surface area contributed by atoms with Gasteiger partial charge in [-0.1, -0.05) is 0 Å². The molecule has 7 nitrogen and oxygen atoms in total. The average molecular weight is 328 g/mol. The summed E-state index contributed by atoms with van der Waals surface area (Å²) in [5, 5.41) is 2.98. The van der Waals surface area contributed by atoms with E-state index < -0.39 is 0 Å². The number of nitrogens with zero attached hydrogens (tertiary/aromatic N) is 5. The zero-order chi connectivity index (χ0) is 16.9. The Hall–Kier alpha value is -2.44. The van der Waals surface area contributed by atoms with Crippen LogP contribution in [0.5, 0.6) is 0 Å². The molecule has 24 heavy (non-hydrogen) atoms. The fourth-order valence-electron chi connectivity index (χ4n) is 3.14. The van der Waals surface area contributed by atoms with Crippen LogP contribution >= 0.6 is 0 Å². The Morgan fingerprint density at radius 2 is 2.12 bits per heavy atom. The number of aromatic nitrogens is 4. The number of hydrogen-bond acceptors (Lipinski definition) is 5. The topological polar surface area (TPSA) is 75.9 Å². The first-order chi connectivity index (χ1) is 11.7. The Balaban J connectivity index is 1.57. The maximum atomic E-state index is 12.5. The molecule has 2 aromatic heterocycles. The molecule has 1 atom stereocenters. The minimum absolute atomic E-state index is 0.0365. The van der Waals surface area contributed by atoms with E-state index in [-0.39, 0.29) is 5.91 Å². The highest BCUT2D eigenvalue weighted by atomic mass is 16.2. The minimum Gasteiger partial charge on any atom is -0.372 e. The van der Waals surface area contributed by atoms with Gasteiger partial charge in [0.05, 0.1) is 24.4 Å². The first-order valence-corrected chi connectivity index (χ1v) is 8.41. The fourth-order valence-corrected chi connectivity index (χ4v) is 3.14. The Bertz CT molecular complexity index is 681. The van der Waals surface area contributed by atoms with Crippen molar-refractivity contribution in [2.24, 2.45) is 13.0 Å². The third kappa shape index (κ3) is 3.90. The van der Waals surface area contributed by atoms with Gasteiger partial charge in [-0.15, -0.1) is 0 Å². The maximum absolute atomic E-state index is 12.5. The summed E-state index contributed by atoms with van der Waals surface area (Å²) >= 11 is 0. The van der Waals surface area contributed by atoms with E-state index in [1.54, 1.807) is 23.3 Å². The van der Waals surface area contributed by atoms with Gasteiger partial charge in [-0.05, 0) is 31.6 Å². The second-order valence-electron chi connectivity index (χ2n) is 6.36. The molecule has 1 unspecified atom stereocenters. The largest absolute Gasteiger partial charge is 0.372 e. The van der Waals surface area contributed by atoms with Crippen molar-refractivity contribution < 1.29 is 4.79 Å². The van der Waals surface area contributed by atoms with Crippen molar-refractivity contribution in [2.45, 2.75) is 25.7 Å². The molecule has 1 N–H and O–H groups in total. The fraction of sp³-hybridized carbons (Fsp3) is 0.529. The molecule has 0 spiro atoms. The van der Waals surface area contributed by atoms with Crippen molar-refractivity contribution in [3.8, 4) is 0 Å². The van der Waals surface area contributed by atoms with Crippen LogP contribution in [-0.2, 0) is 13.5 Å². The quantitative estimate of drug-likeness (QED) is 0.925. The molecule has 3 heterocycles. The van der Waals surface area contributed by atoms with Crippen molar-refractivity contribution in [3.63, 3.8) is 0 Å². The zero-order valence-corrected chi connectivity index (χ0v) is 14.3. The van der Waals surface area contributed by atoms with Crippen LogP contribution in [0.1, 0.15) is 35.4 Å². The lowest BCUT2D eigenvalue weighted by Crippen LogP contribution is -2.32. The van der Waals surface area contributed by atoms with Crippen molar-refractivity contribution in [2.75, 3.05) is 25.5 Å². The summed E-state index contributed by atoms with van der Waals surface area (Å²) in [6.45, 7) is 1.58. The number of amides is 1. The third-order valence-corrected chi connectivity index (χ3v) is 4.52. The van der Waals surface area contributed by atoms with Crippen LogP contribution in [0, 0.1) is 5.92 Å². The normalized spacial score (nSPS) is 18.2. The van der Waals surface area contributed by atoms with Gasteiger partial charge in [-0.25, -0.2) is 9.97 Å². The van der Waals surface area contributed by atoms with E-state index in [9.17, 15) is 4.79 Å². The standard InChI is InChI=1S/C17H24N6O/c1-18-16-10-19-14(9-20-16)8-13-4-3-6-23(7-5-13)17(24)15-11-22(2)12-21-15/h9-13H,3-8H2,1-2H3,(H,18,20). The number of carbonyl (C=O) groups is 1. The summed E-state index contributed by atoms with van der Waals surface area (Å²) in [5.41, 5.74) is 1.55. The lowest BCUT2D eigenvalue weighted by Gasteiger charge is -2.19. The van der Waals surface area contributed by atoms with Gasteiger partial charge in [0.25, 0.3) is 5.91 Å². The van der Waals surface area contributed by atoms with E-state index >= 15 is 0 Å². The molecule has 1 aliphatic heterocycles. The van der Waals surface area contributed by atoms with Crippen LogP contribution in [0.4, 0.5) is 5.82 Å². The number of imidazole rings is 1. The first-order valence-electron chi connectivity index (χ1n) is 8.41. The van der Waals surface area contributed by atoms with Gasteiger partial charge >= 0.3 is 0 Å². The summed E-state index contributed by atoms with van der Waals surface area (Å²) in [6, 6.07) is 0. The van der Waals surface area contributed by atoms with Crippen molar-refractivity contribution >= 4 is 11.7 Å². The molecule has 3 rings (SSSR count). The Kier molecular flexibility index (Phi) is 5.08. The second kappa shape index (κ2) is 7.42. The number of likely N-dealkylation sites (tertiary alicyclic amines) is 1. The van der Waals surface area contributed by atoms with Gasteiger partial charge in [0.1, 0.15) is 11.5 Å². The summed E-state index contributed by atoms with van der Waals surface area (Å²) in [6.07, 6.45) is 11.1. The monoisotopic (exact) mass is 328 g/mol. The van der Waals surface area contributed by atoms with Gasteiger partial charge in [0.2, 0.25) is 0 Å². The molecule has 1 saturated heterocycles. The van der Waals surface area contributed by atoms with Crippen LogP contribution in [0.25, 0.3) is 0 Å². The van der Waals surface area contributed by atoms with Gasteiger partial charge in [-0.3, -0.25) is 9.78 Å². The summed E-state index contributed by atoms with van der Waals surface area (Å²) in [7, 11) is 3.71. The molecule has 1 amide bonds. The highest BCUT2D eigenvalue weighted by Crippen LogP contribution is 2.22. The number of aryl methyl sites for hydroxylation is 1. The average Bonchev–Trinajstić information content (AvgIpc) is 2.90. The smallest absolute Gasteiger partial charge is 0.274 e. The number of rotatable bonds is 4. The molecule has 7 heteroatoms. The van der Waals surface area contributed by atoms with E-state index in [2.05, 4.69) is 20.3 Å². The van der Waals surface area contributed by atoms with Crippen LogP contribution in [0.15, 0.2) is 24.9 Å². The highest BCUT2D eigenvalue weighted by molar-refractivity contribution is 5.92. The van der Waals surface area contributed by atoms with Gasteiger partial charge < -0.3 is 14.8 Å².